The summed E-state index contributed by atoms with van der Waals surface area (Å²) in [4.78, 5) is 50.9. The van der Waals surface area contributed by atoms with E-state index in [4.69, 9.17) is 5.11 Å². The lowest BCUT2D eigenvalue weighted by molar-refractivity contribution is -0.146. The number of fused-ring (bicyclic) bond motifs is 1. The summed E-state index contributed by atoms with van der Waals surface area (Å²) in [6.45, 7) is 1.53. The molecule has 1 aromatic carbocycles. The molecule has 8 heteroatoms. The molecule has 1 saturated carbocycles. The lowest BCUT2D eigenvalue weighted by Crippen LogP contribution is -2.49. The van der Waals surface area contributed by atoms with Gasteiger partial charge in [0.1, 0.15) is 0 Å². The highest BCUT2D eigenvalue weighted by Crippen LogP contribution is 2.32. The summed E-state index contributed by atoms with van der Waals surface area (Å²) in [6, 6.07) is 5.39. The first-order valence-electron chi connectivity index (χ1n) is 10.2. The van der Waals surface area contributed by atoms with Crippen molar-refractivity contribution >= 4 is 29.5 Å². The molecule has 4 rings (SSSR count). The minimum Gasteiger partial charge on any atom is -0.481 e. The number of hydrogen-bond donors (Lipinski definition) is 2. The van der Waals surface area contributed by atoms with Crippen molar-refractivity contribution in [3.05, 3.63) is 29.3 Å². The van der Waals surface area contributed by atoms with E-state index in [2.05, 4.69) is 5.32 Å². The first kappa shape index (κ1) is 19.4. The molecule has 0 atom stereocenters. The number of anilines is 1. The van der Waals surface area contributed by atoms with Gasteiger partial charge in [-0.1, -0.05) is 6.07 Å². The minimum atomic E-state index is -0.759. The summed E-state index contributed by atoms with van der Waals surface area (Å²) in [6.07, 6.45) is 3.42. The molecule has 2 fully saturated rings. The quantitative estimate of drug-likeness (QED) is 0.807. The number of carbonyl (C=O) groups is 4. The van der Waals surface area contributed by atoms with Gasteiger partial charge in [-0.15, -0.1) is 0 Å². The highest BCUT2D eigenvalue weighted by molar-refractivity contribution is 6.05. The second kappa shape index (κ2) is 7.85. The highest BCUT2D eigenvalue weighted by Gasteiger charge is 2.33. The normalized spacial score (nSPS) is 24.7. The number of imide groups is 1. The number of amides is 4. The smallest absolute Gasteiger partial charge is 0.328 e. The van der Waals surface area contributed by atoms with Gasteiger partial charge in [0.25, 0.3) is 0 Å². The Labute approximate surface area is 168 Å². The molecule has 3 aliphatic rings. The van der Waals surface area contributed by atoms with Gasteiger partial charge in [0, 0.05) is 37.7 Å². The zero-order valence-electron chi connectivity index (χ0n) is 16.2. The molecule has 2 aliphatic heterocycles. The van der Waals surface area contributed by atoms with E-state index in [-0.39, 0.29) is 30.1 Å². The van der Waals surface area contributed by atoms with Gasteiger partial charge in [-0.25, -0.2) is 4.79 Å². The van der Waals surface area contributed by atoms with E-state index in [1.165, 1.54) is 0 Å². The van der Waals surface area contributed by atoms with Crippen LogP contribution in [0.15, 0.2) is 18.2 Å². The number of aliphatic carboxylic acids is 1. The minimum absolute atomic E-state index is 0.0824. The summed E-state index contributed by atoms with van der Waals surface area (Å²) >= 11 is 0. The largest absolute Gasteiger partial charge is 0.481 e. The number of carboxylic acids is 1. The molecule has 1 aromatic rings. The topological polar surface area (TPSA) is 107 Å². The van der Waals surface area contributed by atoms with Crippen molar-refractivity contribution in [2.24, 2.45) is 11.8 Å². The Kier molecular flexibility index (Phi) is 5.25. The molecule has 154 valence electrons. The zero-order valence-corrected chi connectivity index (χ0v) is 16.2. The Hall–Kier alpha value is -2.90. The van der Waals surface area contributed by atoms with Gasteiger partial charge < -0.3 is 10.0 Å². The van der Waals surface area contributed by atoms with Crippen LogP contribution in [0.3, 0.4) is 0 Å². The molecule has 1 saturated heterocycles. The predicted molar refractivity (Wildman–Crippen MR) is 104 cm³/mol. The van der Waals surface area contributed by atoms with Crippen LogP contribution < -0.4 is 10.2 Å². The molecule has 4 amide bonds. The average molecular weight is 399 g/mol. The SMILES string of the molecule is O=C1CCN(c2ccc3c(c2)CCN(C(=O)[C@H]2CC[C@H](C(=O)O)CC2)C3)C(=O)N1. The summed E-state index contributed by atoms with van der Waals surface area (Å²) in [7, 11) is 0. The fraction of sp³-hybridized carbons (Fsp3) is 0.524. The van der Waals surface area contributed by atoms with Crippen molar-refractivity contribution in [2.75, 3.05) is 18.0 Å². The van der Waals surface area contributed by atoms with Crippen LogP contribution in [0.2, 0.25) is 0 Å². The molecule has 8 nitrogen and oxygen atoms in total. The van der Waals surface area contributed by atoms with Gasteiger partial charge in [-0.3, -0.25) is 24.6 Å². The first-order chi connectivity index (χ1) is 13.9. The summed E-state index contributed by atoms with van der Waals surface area (Å²) in [5, 5.41) is 11.5. The Balaban J connectivity index is 1.40. The lowest BCUT2D eigenvalue weighted by atomic mass is 9.81. The Morgan fingerprint density at radius 1 is 0.966 bits per heavy atom. The van der Waals surface area contributed by atoms with Crippen LogP contribution in [-0.2, 0) is 27.3 Å². The molecule has 0 aromatic heterocycles. The van der Waals surface area contributed by atoms with E-state index in [1.54, 1.807) is 4.90 Å². The fourth-order valence-electron chi connectivity index (χ4n) is 4.55. The second-order valence-electron chi connectivity index (χ2n) is 8.10. The van der Waals surface area contributed by atoms with Crippen LogP contribution in [0.1, 0.15) is 43.2 Å². The number of benzene rings is 1. The average Bonchev–Trinajstić information content (AvgIpc) is 2.72. The van der Waals surface area contributed by atoms with Crippen molar-refractivity contribution in [1.29, 1.82) is 0 Å². The number of urea groups is 1. The molecule has 1 aliphatic carbocycles. The Morgan fingerprint density at radius 2 is 1.69 bits per heavy atom. The number of rotatable bonds is 3. The molecule has 0 radical (unpaired) electrons. The molecule has 29 heavy (non-hydrogen) atoms. The van der Waals surface area contributed by atoms with Crippen LogP contribution >= 0.6 is 0 Å². The van der Waals surface area contributed by atoms with Gasteiger partial charge in [0.05, 0.1) is 5.92 Å². The Bertz CT molecular complexity index is 860. The standard InChI is InChI=1S/C21H25N3O5/c25-18-8-10-24(21(29)22-18)17-6-5-16-12-23(9-7-15(16)11-17)19(26)13-1-3-14(4-2-13)20(27)28/h5-6,11,13-14H,1-4,7-10,12H2,(H,27,28)(H,22,25,29)/t13-,14-. The molecule has 0 unspecified atom stereocenters. The number of carboxylic acid groups (broad SMARTS) is 1. The van der Waals surface area contributed by atoms with Gasteiger partial charge in [-0.05, 0) is 55.4 Å². The first-order valence-corrected chi connectivity index (χ1v) is 10.2. The van der Waals surface area contributed by atoms with Crippen molar-refractivity contribution in [1.82, 2.24) is 10.2 Å². The van der Waals surface area contributed by atoms with Crippen LogP contribution in [0.25, 0.3) is 0 Å². The van der Waals surface area contributed by atoms with Crippen LogP contribution in [0.5, 0.6) is 0 Å². The highest BCUT2D eigenvalue weighted by atomic mass is 16.4. The van der Waals surface area contributed by atoms with Gasteiger partial charge >= 0.3 is 12.0 Å². The number of carbonyl (C=O) groups excluding carboxylic acids is 3. The maximum atomic E-state index is 12.9. The van der Waals surface area contributed by atoms with Gasteiger partial charge in [-0.2, -0.15) is 0 Å². The van der Waals surface area contributed by atoms with Crippen LogP contribution in [0.4, 0.5) is 10.5 Å². The molecule has 0 bridgehead atoms. The molecule has 0 spiro atoms. The summed E-state index contributed by atoms with van der Waals surface area (Å²) in [5.41, 5.74) is 2.95. The van der Waals surface area contributed by atoms with E-state index in [9.17, 15) is 19.2 Å². The third-order valence-electron chi connectivity index (χ3n) is 6.31. The van der Waals surface area contributed by atoms with Gasteiger partial charge in [0.2, 0.25) is 11.8 Å². The fourth-order valence-corrected chi connectivity index (χ4v) is 4.55. The van der Waals surface area contributed by atoms with Crippen molar-refractivity contribution < 1.29 is 24.3 Å². The number of nitrogens with one attached hydrogen (secondary N) is 1. The Morgan fingerprint density at radius 3 is 2.38 bits per heavy atom. The van der Waals surface area contributed by atoms with Crippen molar-refractivity contribution in [3.63, 3.8) is 0 Å². The summed E-state index contributed by atoms with van der Waals surface area (Å²) < 4.78 is 0. The number of hydrogen-bond acceptors (Lipinski definition) is 4. The molecular formula is C21H25N3O5. The van der Waals surface area contributed by atoms with E-state index < -0.39 is 12.0 Å². The maximum Gasteiger partial charge on any atom is 0.328 e. The van der Waals surface area contributed by atoms with E-state index in [0.717, 1.165) is 16.8 Å². The third kappa shape index (κ3) is 3.97. The molecule has 2 heterocycles. The summed E-state index contributed by atoms with van der Waals surface area (Å²) in [5.74, 6) is -1.29. The molecule has 2 N–H and O–H groups in total. The monoisotopic (exact) mass is 399 g/mol. The predicted octanol–water partition coefficient (Wildman–Crippen LogP) is 1.91. The van der Waals surface area contributed by atoms with Gasteiger partial charge in [0.15, 0.2) is 0 Å². The number of nitrogens with zero attached hydrogens (tertiary/aromatic N) is 2. The van der Waals surface area contributed by atoms with Crippen LogP contribution in [-0.4, -0.2) is 46.9 Å². The zero-order chi connectivity index (χ0) is 20.5. The van der Waals surface area contributed by atoms with Crippen molar-refractivity contribution in [2.45, 2.75) is 45.1 Å². The maximum absolute atomic E-state index is 12.9. The lowest BCUT2D eigenvalue weighted by Gasteiger charge is -2.35. The third-order valence-corrected chi connectivity index (χ3v) is 6.31. The van der Waals surface area contributed by atoms with E-state index in [0.29, 0.717) is 51.7 Å². The molecular weight excluding hydrogens is 374 g/mol. The van der Waals surface area contributed by atoms with Crippen LogP contribution in [0, 0.1) is 11.8 Å². The van der Waals surface area contributed by atoms with Crippen molar-refractivity contribution in [3.8, 4) is 0 Å². The van der Waals surface area contributed by atoms with E-state index in [1.807, 2.05) is 23.1 Å². The van der Waals surface area contributed by atoms with E-state index >= 15 is 0 Å². The second-order valence-corrected chi connectivity index (χ2v) is 8.10.